The minimum absolute atomic E-state index is 0.0325. The highest BCUT2D eigenvalue weighted by molar-refractivity contribution is 5.79. The Morgan fingerprint density at radius 1 is 1.29 bits per heavy atom. The predicted octanol–water partition coefficient (Wildman–Crippen LogP) is 2.20. The number of aromatic nitrogens is 2. The van der Waals surface area contributed by atoms with Crippen molar-refractivity contribution in [1.82, 2.24) is 14.5 Å². The summed E-state index contributed by atoms with van der Waals surface area (Å²) in [7, 11) is 0. The third-order valence-corrected chi connectivity index (χ3v) is 4.27. The largest absolute Gasteiger partial charge is 0.393 e. The molecule has 5 nitrogen and oxygen atoms in total. The van der Waals surface area contributed by atoms with Crippen LogP contribution in [0.4, 0.5) is 13.2 Å². The summed E-state index contributed by atoms with van der Waals surface area (Å²) in [5.41, 5.74) is 0.139. The van der Waals surface area contributed by atoms with Crippen molar-refractivity contribution in [3.8, 4) is 0 Å². The van der Waals surface area contributed by atoms with E-state index in [2.05, 4.69) is 4.98 Å². The standard InChI is InChI=1S/C16H16F3N3O2/c17-16(18,19)11-4-3-7-21(8-11)14(23)9-22-10-20-13-6-2-1-5-12(13)15(22)24/h1-2,5-6,10-11H,3-4,7-9H2/t11-/m1/s1. The first-order valence-corrected chi connectivity index (χ1v) is 7.65. The summed E-state index contributed by atoms with van der Waals surface area (Å²) < 4.78 is 39.7. The monoisotopic (exact) mass is 339 g/mol. The van der Waals surface area contributed by atoms with Gasteiger partial charge in [0.2, 0.25) is 5.91 Å². The van der Waals surface area contributed by atoms with Gasteiger partial charge in [0.25, 0.3) is 5.56 Å². The maximum atomic E-state index is 12.8. The number of hydrogen-bond donors (Lipinski definition) is 0. The van der Waals surface area contributed by atoms with E-state index in [9.17, 15) is 22.8 Å². The van der Waals surface area contributed by atoms with Crippen LogP contribution in [0.5, 0.6) is 0 Å². The summed E-state index contributed by atoms with van der Waals surface area (Å²) in [5, 5.41) is 0.375. The summed E-state index contributed by atoms with van der Waals surface area (Å²) in [6.07, 6.45) is -2.71. The van der Waals surface area contributed by atoms with Crippen LogP contribution in [0.3, 0.4) is 0 Å². The Balaban J connectivity index is 1.78. The molecule has 1 aliphatic heterocycles. The van der Waals surface area contributed by atoms with Crippen molar-refractivity contribution in [2.45, 2.75) is 25.6 Å². The summed E-state index contributed by atoms with van der Waals surface area (Å²) >= 11 is 0. The lowest BCUT2D eigenvalue weighted by atomic mass is 9.97. The van der Waals surface area contributed by atoms with Gasteiger partial charge >= 0.3 is 6.18 Å². The molecule has 24 heavy (non-hydrogen) atoms. The van der Waals surface area contributed by atoms with Gasteiger partial charge in [-0.1, -0.05) is 12.1 Å². The normalized spacial score (nSPS) is 18.8. The molecule has 2 heterocycles. The lowest BCUT2D eigenvalue weighted by Gasteiger charge is -2.33. The van der Waals surface area contributed by atoms with Crippen molar-refractivity contribution in [3.05, 3.63) is 40.9 Å². The highest BCUT2D eigenvalue weighted by Gasteiger charge is 2.42. The molecule has 1 atom stereocenters. The van der Waals surface area contributed by atoms with Gasteiger partial charge in [-0.2, -0.15) is 13.2 Å². The van der Waals surface area contributed by atoms with Crippen LogP contribution in [0.2, 0.25) is 0 Å². The molecule has 0 radical (unpaired) electrons. The first-order valence-electron chi connectivity index (χ1n) is 7.65. The summed E-state index contributed by atoms with van der Waals surface area (Å²) in [6.45, 7) is -0.374. The molecule has 0 spiro atoms. The molecule has 0 N–H and O–H groups in total. The van der Waals surface area contributed by atoms with E-state index in [1.165, 1.54) is 11.2 Å². The van der Waals surface area contributed by atoms with E-state index >= 15 is 0 Å². The fourth-order valence-electron chi connectivity index (χ4n) is 2.94. The molecule has 1 amide bonds. The molecule has 1 aromatic heterocycles. The van der Waals surface area contributed by atoms with Gasteiger partial charge in [0.05, 0.1) is 23.1 Å². The second-order valence-corrected chi connectivity index (χ2v) is 5.92. The van der Waals surface area contributed by atoms with E-state index in [0.29, 0.717) is 17.3 Å². The molecule has 8 heteroatoms. The zero-order chi connectivity index (χ0) is 17.3. The third kappa shape index (κ3) is 3.27. The molecule has 1 aromatic carbocycles. The fourth-order valence-corrected chi connectivity index (χ4v) is 2.94. The molecule has 2 aromatic rings. The number of amides is 1. The second kappa shape index (κ2) is 6.26. The van der Waals surface area contributed by atoms with Gasteiger partial charge in [0.15, 0.2) is 0 Å². The second-order valence-electron chi connectivity index (χ2n) is 5.92. The van der Waals surface area contributed by atoms with E-state index in [0.717, 1.165) is 4.57 Å². The zero-order valence-electron chi connectivity index (χ0n) is 12.8. The van der Waals surface area contributed by atoms with Crippen molar-refractivity contribution in [2.75, 3.05) is 13.1 Å². The van der Waals surface area contributed by atoms with Crippen LogP contribution in [-0.2, 0) is 11.3 Å². The quantitative estimate of drug-likeness (QED) is 0.843. The van der Waals surface area contributed by atoms with Crippen molar-refractivity contribution in [1.29, 1.82) is 0 Å². The third-order valence-electron chi connectivity index (χ3n) is 4.27. The number of fused-ring (bicyclic) bond motifs is 1. The predicted molar refractivity (Wildman–Crippen MR) is 81.4 cm³/mol. The molecule has 0 unspecified atom stereocenters. The smallest absolute Gasteiger partial charge is 0.341 e. The molecular formula is C16H16F3N3O2. The highest BCUT2D eigenvalue weighted by atomic mass is 19.4. The Kier molecular flexibility index (Phi) is 4.29. The number of halogens is 3. The lowest BCUT2D eigenvalue weighted by Crippen LogP contribution is -2.46. The molecule has 128 valence electrons. The van der Waals surface area contributed by atoms with Crippen molar-refractivity contribution < 1.29 is 18.0 Å². The van der Waals surface area contributed by atoms with E-state index in [1.807, 2.05) is 0 Å². The number of likely N-dealkylation sites (tertiary alicyclic amines) is 1. The van der Waals surface area contributed by atoms with E-state index in [1.54, 1.807) is 24.3 Å². The van der Waals surface area contributed by atoms with Crippen molar-refractivity contribution in [2.24, 2.45) is 5.92 Å². The average Bonchev–Trinajstić information content (AvgIpc) is 2.57. The number of hydrogen-bond acceptors (Lipinski definition) is 3. The van der Waals surface area contributed by atoms with Crippen LogP contribution in [0.1, 0.15) is 12.8 Å². The number of benzene rings is 1. The first-order chi connectivity index (χ1) is 11.4. The number of nitrogens with zero attached hydrogens (tertiary/aromatic N) is 3. The Morgan fingerprint density at radius 2 is 2.04 bits per heavy atom. The summed E-state index contributed by atoms with van der Waals surface area (Å²) in [4.78, 5) is 29.9. The molecule has 1 aliphatic rings. The Morgan fingerprint density at radius 3 is 2.79 bits per heavy atom. The van der Waals surface area contributed by atoms with Crippen LogP contribution in [0, 0.1) is 5.92 Å². The van der Waals surface area contributed by atoms with E-state index in [-0.39, 0.29) is 31.6 Å². The Labute approximate surface area is 135 Å². The minimum Gasteiger partial charge on any atom is -0.341 e. The number of para-hydroxylation sites is 1. The molecule has 1 fully saturated rings. The number of rotatable bonds is 2. The van der Waals surface area contributed by atoms with E-state index < -0.39 is 18.0 Å². The molecule has 0 saturated carbocycles. The van der Waals surface area contributed by atoms with Crippen LogP contribution in [0.15, 0.2) is 35.4 Å². The maximum absolute atomic E-state index is 12.8. The molecular weight excluding hydrogens is 323 g/mol. The maximum Gasteiger partial charge on any atom is 0.393 e. The van der Waals surface area contributed by atoms with Gasteiger partial charge in [-0.3, -0.25) is 14.2 Å². The van der Waals surface area contributed by atoms with Crippen LogP contribution in [-0.4, -0.2) is 39.6 Å². The number of piperidine rings is 1. The van der Waals surface area contributed by atoms with Gasteiger partial charge in [-0.15, -0.1) is 0 Å². The van der Waals surface area contributed by atoms with Gasteiger partial charge in [0.1, 0.15) is 6.54 Å². The highest BCUT2D eigenvalue weighted by Crippen LogP contribution is 2.33. The van der Waals surface area contributed by atoms with Crippen LogP contribution >= 0.6 is 0 Å². The van der Waals surface area contributed by atoms with Crippen LogP contribution in [0.25, 0.3) is 10.9 Å². The van der Waals surface area contributed by atoms with Gasteiger partial charge in [-0.25, -0.2) is 4.98 Å². The molecule has 3 rings (SSSR count). The number of alkyl halides is 3. The lowest BCUT2D eigenvalue weighted by molar-refractivity contribution is -0.188. The first kappa shape index (κ1) is 16.5. The summed E-state index contributed by atoms with van der Waals surface area (Å²) in [5.74, 6) is -2.00. The van der Waals surface area contributed by atoms with Crippen LogP contribution < -0.4 is 5.56 Å². The SMILES string of the molecule is O=C(Cn1cnc2ccccc2c1=O)N1CCC[C@@H](C(F)(F)F)C1. The van der Waals surface area contributed by atoms with Crippen molar-refractivity contribution >= 4 is 16.8 Å². The Bertz CT molecular complexity index is 816. The fraction of sp³-hybridized carbons (Fsp3) is 0.438. The average molecular weight is 339 g/mol. The van der Waals surface area contributed by atoms with Gasteiger partial charge < -0.3 is 4.90 Å². The number of carbonyl (C=O) groups excluding carboxylic acids is 1. The zero-order valence-corrected chi connectivity index (χ0v) is 12.8. The molecule has 1 saturated heterocycles. The minimum atomic E-state index is -4.31. The van der Waals surface area contributed by atoms with Crippen molar-refractivity contribution in [3.63, 3.8) is 0 Å². The van der Waals surface area contributed by atoms with Gasteiger partial charge in [-0.05, 0) is 25.0 Å². The number of carbonyl (C=O) groups is 1. The van der Waals surface area contributed by atoms with Gasteiger partial charge in [0, 0.05) is 13.1 Å². The van der Waals surface area contributed by atoms with E-state index in [4.69, 9.17) is 0 Å². The molecule has 0 bridgehead atoms. The summed E-state index contributed by atoms with van der Waals surface area (Å²) in [6, 6.07) is 6.72. The molecule has 0 aliphatic carbocycles. The Hall–Kier alpha value is -2.38. The topological polar surface area (TPSA) is 55.2 Å².